The SMILES string of the molecule is Cc1ccn2nc(NC(=O)NCCCN(C)C(=O)OC(C)(C)C)c(C#N)c(Nc3ccc(Oc4ccccc4)cc3)c12. The van der Waals surface area contributed by atoms with Crippen molar-refractivity contribution >= 4 is 34.8 Å². The number of aryl methyl sites for hydroxylation is 1. The van der Waals surface area contributed by atoms with Gasteiger partial charge in [0.2, 0.25) is 0 Å². The summed E-state index contributed by atoms with van der Waals surface area (Å²) in [6, 6.07) is 20.4. The van der Waals surface area contributed by atoms with E-state index in [-0.39, 0.29) is 11.4 Å². The Hall–Kier alpha value is -5.24. The highest BCUT2D eigenvalue weighted by Gasteiger charge is 2.21. The zero-order chi connectivity index (χ0) is 30.3. The van der Waals surface area contributed by atoms with Crippen molar-refractivity contribution in [3.05, 3.63) is 78.0 Å². The molecule has 2 heterocycles. The number of carbonyl (C=O) groups is 2. The Morgan fingerprint density at radius 3 is 2.40 bits per heavy atom. The van der Waals surface area contributed by atoms with E-state index in [1.165, 1.54) is 4.90 Å². The van der Waals surface area contributed by atoms with E-state index < -0.39 is 17.7 Å². The number of para-hydroxylation sites is 1. The van der Waals surface area contributed by atoms with Crippen LogP contribution in [0.5, 0.6) is 11.5 Å². The van der Waals surface area contributed by atoms with Crippen LogP contribution in [0.25, 0.3) is 5.52 Å². The topological polar surface area (TPSA) is 133 Å². The van der Waals surface area contributed by atoms with Gasteiger partial charge in [-0.2, -0.15) is 5.26 Å². The van der Waals surface area contributed by atoms with E-state index in [1.807, 2.05) is 67.6 Å². The van der Waals surface area contributed by atoms with Gasteiger partial charge < -0.3 is 25.0 Å². The molecule has 11 heteroatoms. The lowest BCUT2D eigenvalue weighted by atomic mass is 10.1. The standard InChI is InChI=1S/C31H35N7O4/c1-21-16-19-38-27(21)26(34-22-12-14-24(15-13-22)41-23-10-7-6-8-11-23)25(20-32)28(36-38)35-29(39)33-17-9-18-37(5)30(40)42-31(2,3)4/h6-8,10-16,19,34H,9,17-18H2,1-5H3,(H2,33,35,36,39). The van der Waals surface area contributed by atoms with E-state index in [9.17, 15) is 14.9 Å². The minimum atomic E-state index is -0.581. The fourth-order valence-electron chi connectivity index (χ4n) is 4.10. The van der Waals surface area contributed by atoms with Gasteiger partial charge in [-0.25, -0.2) is 14.1 Å². The number of nitrogens with zero attached hydrogens (tertiary/aromatic N) is 4. The first kappa shape index (κ1) is 29.7. The van der Waals surface area contributed by atoms with Crippen LogP contribution in [0.15, 0.2) is 66.9 Å². The van der Waals surface area contributed by atoms with Crippen LogP contribution in [-0.4, -0.2) is 52.4 Å². The average Bonchev–Trinajstić information content (AvgIpc) is 3.31. The number of nitrogens with one attached hydrogen (secondary N) is 3. The van der Waals surface area contributed by atoms with Gasteiger partial charge in [-0.1, -0.05) is 18.2 Å². The molecule has 0 saturated heterocycles. The van der Waals surface area contributed by atoms with E-state index in [0.717, 1.165) is 17.0 Å². The maximum absolute atomic E-state index is 12.7. The maximum Gasteiger partial charge on any atom is 0.410 e. The van der Waals surface area contributed by atoms with Gasteiger partial charge in [-0.15, -0.1) is 5.10 Å². The molecule has 3 N–H and O–H groups in total. The monoisotopic (exact) mass is 569 g/mol. The first-order valence-corrected chi connectivity index (χ1v) is 13.5. The summed E-state index contributed by atoms with van der Waals surface area (Å²) < 4.78 is 12.8. The first-order valence-electron chi connectivity index (χ1n) is 13.5. The molecule has 0 spiro atoms. The normalized spacial score (nSPS) is 11.0. The maximum atomic E-state index is 12.7. The summed E-state index contributed by atoms with van der Waals surface area (Å²) in [6.45, 7) is 8.04. The molecule has 0 aliphatic carbocycles. The molecule has 0 radical (unpaired) electrons. The third-order valence-corrected chi connectivity index (χ3v) is 6.11. The highest BCUT2D eigenvalue weighted by molar-refractivity contribution is 5.94. The predicted molar refractivity (Wildman–Crippen MR) is 161 cm³/mol. The van der Waals surface area contributed by atoms with Crippen molar-refractivity contribution in [3.8, 4) is 17.6 Å². The summed E-state index contributed by atoms with van der Waals surface area (Å²) in [5, 5.41) is 23.4. The van der Waals surface area contributed by atoms with E-state index in [2.05, 4.69) is 27.1 Å². The molecule has 3 amide bonds. The Morgan fingerprint density at radius 1 is 1.05 bits per heavy atom. The van der Waals surface area contributed by atoms with Gasteiger partial charge >= 0.3 is 12.1 Å². The van der Waals surface area contributed by atoms with Crippen LogP contribution in [-0.2, 0) is 4.74 Å². The lowest BCUT2D eigenvalue weighted by Crippen LogP contribution is -2.36. The van der Waals surface area contributed by atoms with Gasteiger partial charge in [-0.05, 0) is 82.1 Å². The molecule has 2 aromatic carbocycles. The Kier molecular flexibility index (Phi) is 9.17. The number of rotatable bonds is 9. The predicted octanol–water partition coefficient (Wildman–Crippen LogP) is 6.43. The molecule has 0 bridgehead atoms. The number of anilines is 3. The zero-order valence-corrected chi connectivity index (χ0v) is 24.4. The summed E-state index contributed by atoms with van der Waals surface area (Å²) in [5.41, 5.74) is 2.48. The van der Waals surface area contributed by atoms with Crippen molar-refractivity contribution in [2.45, 2.75) is 39.7 Å². The van der Waals surface area contributed by atoms with Crippen LogP contribution >= 0.6 is 0 Å². The smallest absolute Gasteiger partial charge is 0.410 e. The van der Waals surface area contributed by atoms with Crippen LogP contribution in [0.1, 0.15) is 38.3 Å². The van der Waals surface area contributed by atoms with Crippen molar-refractivity contribution in [2.24, 2.45) is 0 Å². The van der Waals surface area contributed by atoms with Gasteiger partial charge in [-0.3, -0.25) is 5.32 Å². The molecule has 4 aromatic rings. The summed E-state index contributed by atoms with van der Waals surface area (Å²) in [4.78, 5) is 26.3. The molecule has 4 rings (SSSR count). The minimum Gasteiger partial charge on any atom is -0.457 e. The molecule has 0 aliphatic rings. The molecule has 0 atom stereocenters. The molecule has 0 unspecified atom stereocenters. The van der Waals surface area contributed by atoms with Crippen molar-refractivity contribution < 1.29 is 19.1 Å². The minimum absolute atomic E-state index is 0.107. The van der Waals surface area contributed by atoms with Gasteiger partial charge in [0.1, 0.15) is 28.7 Å². The molecule has 42 heavy (non-hydrogen) atoms. The second-order valence-corrected chi connectivity index (χ2v) is 10.7. The Balaban J connectivity index is 1.44. The second kappa shape index (κ2) is 13.0. The van der Waals surface area contributed by atoms with Crippen LogP contribution in [0.4, 0.5) is 26.8 Å². The average molecular weight is 570 g/mol. The van der Waals surface area contributed by atoms with E-state index in [4.69, 9.17) is 9.47 Å². The number of aromatic nitrogens is 2. The van der Waals surface area contributed by atoms with Crippen LogP contribution in [0.3, 0.4) is 0 Å². The molecule has 2 aromatic heterocycles. The number of amides is 3. The van der Waals surface area contributed by atoms with Crippen molar-refractivity contribution in [1.82, 2.24) is 19.8 Å². The fraction of sp³-hybridized carbons (Fsp3) is 0.290. The van der Waals surface area contributed by atoms with Crippen molar-refractivity contribution in [2.75, 3.05) is 30.8 Å². The number of fused-ring (bicyclic) bond motifs is 1. The molecule has 0 saturated carbocycles. The van der Waals surface area contributed by atoms with Crippen LogP contribution in [0, 0.1) is 18.3 Å². The second-order valence-electron chi connectivity index (χ2n) is 10.7. The van der Waals surface area contributed by atoms with E-state index in [0.29, 0.717) is 36.5 Å². The van der Waals surface area contributed by atoms with E-state index >= 15 is 0 Å². The number of benzene rings is 2. The van der Waals surface area contributed by atoms with E-state index in [1.54, 1.807) is 38.5 Å². The number of nitriles is 1. The summed E-state index contributed by atoms with van der Waals surface area (Å²) >= 11 is 0. The van der Waals surface area contributed by atoms with Crippen molar-refractivity contribution in [3.63, 3.8) is 0 Å². The molecular weight excluding hydrogens is 534 g/mol. The first-order chi connectivity index (χ1) is 20.0. The fourth-order valence-corrected chi connectivity index (χ4v) is 4.10. The van der Waals surface area contributed by atoms with Crippen molar-refractivity contribution in [1.29, 1.82) is 5.26 Å². The van der Waals surface area contributed by atoms with Gasteiger partial charge in [0.25, 0.3) is 0 Å². The molecular formula is C31H35N7O4. The third-order valence-electron chi connectivity index (χ3n) is 6.11. The molecule has 0 fully saturated rings. The largest absolute Gasteiger partial charge is 0.457 e. The zero-order valence-electron chi connectivity index (χ0n) is 24.4. The highest BCUT2D eigenvalue weighted by Crippen LogP contribution is 2.33. The summed E-state index contributed by atoms with van der Waals surface area (Å²) in [5.74, 6) is 1.51. The number of ether oxygens (including phenoxy) is 2. The molecule has 0 aliphatic heterocycles. The van der Waals surface area contributed by atoms with Gasteiger partial charge in [0, 0.05) is 32.0 Å². The summed E-state index contributed by atoms with van der Waals surface area (Å²) in [7, 11) is 1.64. The molecule has 218 valence electrons. The number of urea groups is 1. The highest BCUT2D eigenvalue weighted by atomic mass is 16.6. The number of hydrogen-bond donors (Lipinski definition) is 3. The lowest BCUT2D eigenvalue weighted by Gasteiger charge is -2.24. The Bertz CT molecular complexity index is 1590. The van der Waals surface area contributed by atoms with Gasteiger partial charge in [0.05, 0.1) is 11.2 Å². The third kappa shape index (κ3) is 7.69. The number of carbonyl (C=O) groups excluding carboxylic acids is 2. The Labute approximate surface area is 245 Å². The summed E-state index contributed by atoms with van der Waals surface area (Å²) in [6.07, 6.45) is 1.85. The Morgan fingerprint density at radius 2 is 1.74 bits per heavy atom. The lowest BCUT2D eigenvalue weighted by molar-refractivity contribution is 0.0297. The van der Waals surface area contributed by atoms with Gasteiger partial charge in [0.15, 0.2) is 5.82 Å². The molecule has 11 nitrogen and oxygen atoms in total. The quantitative estimate of drug-likeness (QED) is 0.198. The number of hydrogen-bond acceptors (Lipinski definition) is 7. The van der Waals surface area contributed by atoms with Crippen LogP contribution in [0.2, 0.25) is 0 Å². The van der Waals surface area contributed by atoms with Crippen LogP contribution < -0.4 is 20.7 Å².